The third kappa shape index (κ3) is 5.76. The van der Waals surface area contributed by atoms with Crippen LogP contribution in [0.4, 0.5) is 0 Å². The number of thiophene rings is 1. The van der Waals surface area contributed by atoms with Crippen molar-refractivity contribution in [2.45, 2.75) is 71.1 Å². The number of methoxy groups -OCH3 is 1. The summed E-state index contributed by atoms with van der Waals surface area (Å²) in [5.74, 6) is 0.262. The highest BCUT2D eigenvalue weighted by molar-refractivity contribution is 7.18. The number of ether oxygens (including phenoxy) is 2. The lowest BCUT2D eigenvalue weighted by Crippen LogP contribution is -2.55. The van der Waals surface area contributed by atoms with Crippen molar-refractivity contribution in [2.24, 2.45) is 0 Å². The van der Waals surface area contributed by atoms with Crippen LogP contribution in [0.25, 0.3) is 21.3 Å². The number of carboxylic acids is 1. The van der Waals surface area contributed by atoms with Crippen LogP contribution in [0.1, 0.15) is 59.3 Å². The van der Waals surface area contributed by atoms with Gasteiger partial charge >= 0.3 is 5.97 Å². The molecule has 9 nitrogen and oxygen atoms in total. The number of nitrogens with zero attached hydrogens (tertiary/aromatic N) is 4. The molecule has 3 aromatic heterocycles. The van der Waals surface area contributed by atoms with Gasteiger partial charge in [0.05, 0.1) is 34.1 Å². The molecule has 1 fully saturated rings. The Morgan fingerprint density at radius 2 is 1.95 bits per heavy atom. The number of hydrogen-bond donors (Lipinski definition) is 1. The zero-order valence-electron chi connectivity index (χ0n) is 25.5. The maximum atomic E-state index is 13.9. The number of aromatic nitrogens is 3. The Kier molecular flexibility index (Phi) is 8.54. The predicted molar refractivity (Wildman–Crippen MR) is 173 cm³/mol. The van der Waals surface area contributed by atoms with Crippen molar-refractivity contribution in [1.82, 2.24) is 19.4 Å². The molecule has 44 heavy (non-hydrogen) atoms. The van der Waals surface area contributed by atoms with Crippen molar-refractivity contribution in [1.29, 1.82) is 0 Å². The van der Waals surface area contributed by atoms with E-state index in [0.717, 1.165) is 65.9 Å². The van der Waals surface area contributed by atoms with E-state index in [2.05, 4.69) is 16.8 Å². The van der Waals surface area contributed by atoms with Gasteiger partial charge in [0.1, 0.15) is 18.2 Å². The van der Waals surface area contributed by atoms with E-state index in [1.54, 1.807) is 23.1 Å². The number of carbonyl (C=O) groups is 1. The van der Waals surface area contributed by atoms with Gasteiger partial charge in [-0.2, -0.15) is 0 Å². The molecule has 1 N–H and O–H groups in total. The summed E-state index contributed by atoms with van der Waals surface area (Å²) >= 11 is 7.75. The van der Waals surface area contributed by atoms with E-state index in [4.69, 9.17) is 26.1 Å². The third-order valence-corrected chi connectivity index (χ3v) is 10.5. The summed E-state index contributed by atoms with van der Waals surface area (Å²) in [6, 6.07) is 7.31. The summed E-state index contributed by atoms with van der Waals surface area (Å²) in [7, 11) is 1.78. The average molecular weight is 637 g/mol. The smallest absolute Gasteiger partial charge is 0.338 e. The van der Waals surface area contributed by atoms with Crippen molar-refractivity contribution in [3.63, 3.8) is 0 Å². The third-order valence-electron chi connectivity index (χ3n) is 9.22. The number of carboxylic acid groups (broad SMARTS) is 1. The van der Waals surface area contributed by atoms with Gasteiger partial charge in [0.2, 0.25) is 0 Å². The number of likely N-dealkylation sites (tertiary alicyclic amines) is 1. The molecule has 2 aliphatic rings. The fourth-order valence-electron chi connectivity index (χ4n) is 6.74. The van der Waals surface area contributed by atoms with Crippen molar-refractivity contribution >= 4 is 39.1 Å². The van der Waals surface area contributed by atoms with Gasteiger partial charge < -0.3 is 14.6 Å². The van der Waals surface area contributed by atoms with Gasteiger partial charge in [0.15, 0.2) is 0 Å². The molecule has 0 spiro atoms. The highest BCUT2D eigenvalue weighted by Crippen LogP contribution is 2.40. The highest BCUT2D eigenvalue weighted by Gasteiger charge is 2.39. The molecule has 1 aliphatic carbocycles. The molecule has 4 heterocycles. The Morgan fingerprint density at radius 3 is 2.68 bits per heavy atom. The largest absolute Gasteiger partial charge is 0.491 e. The molecule has 0 unspecified atom stereocenters. The van der Waals surface area contributed by atoms with Gasteiger partial charge in [-0.25, -0.2) is 9.78 Å². The molecule has 0 bridgehead atoms. The van der Waals surface area contributed by atoms with Crippen LogP contribution < -0.4 is 10.3 Å². The van der Waals surface area contributed by atoms with Crippen LogP contribution in [0.2, 0.25) is 5.02 Å². The van der Waals surface area contributed by atoms with Gasteiger partial charge in [-0.15, -0.1) is 11.3 Å². The van der Waals surface area contributed by atoms with Crippen molar-refractivity contribution in [2.75, 3.05) is 26.8 Å². The predicted octanol–water partition coefficient (Wildman–Crippen LogP) is 5.93. The maximum Gasteiger partial charge on any atom is 0.338 e. The molecule has 1 aromatic carbocycles. The Balaban J connectivity index is 1.24. The fraction of sp³-hybridized carbons (Fsp3) is 0.455. The highest BCUT2D eigenvalue weighted by atomic mass is 35.5. The lowest BCUT2D eigenvalue weighted by Gasteiger charge is -2.47. The van der Waals surface area contributed by atoms with Gasteiger partial charge in [-0.3, -0.25) is 19.2 Å². The Hall–Kier alpha value is -3.31. The van der Waals surface area contributed by atoms with Gasteiger partial charge in [0, 0.05) is 58.5 Å². The fourth-order valence-corrected chi connectivity index (χ4v) is 7.92. The van der Waals surface area contributed by atoms with Crippen molar-refractivity contribution < 1.29 is 19.4 Å². The van der Waals surface area contributed by atoms with Crippen LogP contribution in [0.15, 0.2) is 34.4 Å². The minimum atomic E-state index is -1.02. The zero-order chi connectivity index (χ0) is 31.2. The Labute approximate surface area is 265 Å². The molecule has 1 atom stereocenters. The average Bonchev–Trinajstić information content (AvgIpc) is 3.44. The summed E-state index contributed by atoms with van der Waals surface area (Å²) in [6.07, 6.45) is 4.80. The van der Waals surface area contributed by atoms with E-state index in [1.807, 2.05) is 32.0 Å². The number of halogens is 1. The second kappa shape index (κ2) is 12.2. The van der Waals surface area contributed by atoms with Gasteiger partial charge in [0.25, 0.3) is 5.56 Å². The monoisotopic (exact) mass is 636 g/mol. The van der Waals surface area contributed by atoms with E-state index >= 15 is 0 Å². The first-order valence-corrected chi connectivity index (χ1v) is 16.3. The summed E-state index contributed by atoms with van der Waals surface area (Å²) < 4.78 is 14.4. The standard InChI is InChI=1S/C33H37ClN4O5S/c1-19-15-24(30-29(35-19)26(18-44-30)32(40)41)23-16-21(34)5-6-28(23)43-14-13-38-20(2)36-27-7-10-33(3,17-25(27)31(38)39)37-11-8-22(42-4)9-12-37/h5-6,15-16,18,22H,7-14,17H2,1-4H3,(H,40,41)/t33-/m0/s1. The van der Waals surface area contributed by atoms with Gasteiger partial charge in [-0.05, 0) is 77.1 Å². The SMILES string of the molecule is COC1CCN([C@@]2(C)CCc3nc(C)n(CCOc4ccc(Cl)cc4-c4cc(C)nc5c(C(=O)O)csc45)c(=O)c3C2)CC1. The van der Waals surface area contributed by atoms with E-state index in [-0.39, 0.29) is 23.3 Å². The van der Waals surface area contributed by atoms with E-state index in [9.17, 15) is 14.7 Å². The van der Waals surface area contributed by atoms with E-state index in [0.29, 0.717) is 46.9 Å². The number of hydrogen-bond acceptors (Lipinski definition) is 8. The number of benzene rings is 1. The summed E-state index contributed by atoms with van der Waals surface area (Å²) in [6.45, 7) is 8.53. The lowest BCUT2D eigenvalue weighted by molar-refractivity contribution is -0.00406. The van der Waals surface area contributed by atoms with Crippen LogP contribution in [-0.4, -0.2) is 69.0 Å². The molecule has 0 amide bonds. The Morgan fingerprint density at radius 1 is 1.18 bits per heavy atom. The van der Waals surface area contributed by atoms with Crippen molar-refractivity contribution in [3.05, 3.63) is 73.4 Å². The van der Waals surface area contributed by atoms with Gasteiger partial charge in [-0.1, -0.05) is 11.6 Å². The van der Waals surface area contributed by atoms with Crippen LogP contribution in [0.3, 0.4) is 0 Å². The van der Waals surface area contributed by atoms with Crippen LogP contribution in [0, 0.1) is 13.8 Å². The molecular formula is C33H37ClN4O5S. The van der Waals surface area contributed by atoms with E-state index in [1.165, 1.54) is 11.3 Å². The number of pyridine rings is 1. The molecule has 0 radical (unpaired) electrons. The minimum Gasteiger partial charge on any atom is -0.491 e. The van der Waals surface area contributed by atoms with Crippen molar-refractivity contribution in [3.8, 4) is 16.9 Å². The lowest BCUT2D eigenvalue weighted by atomic mass is 9.79. The number of aryl methyl sites for hydroxylation is 3. The summed E-state index contributed by atoms with van der Waals surface area (Å²) in [5.41, 5.74) is 4.52. The molecule has 6 rings (SSSR count). The Bertz CT molecular complexity index is 1800. The number of piperidine rings is 1. The number of aromatic carboxylic acids is 1. The maximum absolute atomic E-state index is 13.9. The molecule has 1 saturated heterocycles. The second-order valence-electron chi connectivity index (χ2n) is 12.1. The molecule has 0 saturated carbocycles. The van der Waals surface area contributed by atoms with E-state index < -0.39 is 5.97 Å². The first-order valence-electron chi connectivity index (χ1n) is 15.0. The second-order valence-corrected chi connectivity index (χ2v) is 13.4. The normalized spacial score (nSPS) is 19.3. The topological polar surface area (TPSA) is 107 Å². The first-order chi connectivity index (χ1) is 21.1. The summed E-state index contributed by atoms with van der Waals surface area (Å²) in [4.78, 5) is 37.6. The molecule has 11 heteroatoms. The zero-order valence-corrected chi connectivity index (χ0v) is 27.1. The molecule has 4 aromatic rings. The van der Waals surface area contributed by atoms with Crippen LogP contribution >= 0.6 is 22.9 Å². The molecule has 1 aliphatic heterocycles. The first kappa shape index (κ1) is 30.7. The quantitative estimate of drug-likeness (QED) is 0.254. The van der Waals surface area contributed by atoms with Crippen LogP contribution in [0.5, 0.6) is 5.75 Å². The minimum absolute atomic E-state index is 0.0105. The number of rotatable bonds is 8. The molecular weight excluding hydrogens is 600 g/mol. The number of fused-ring (bicyclic) bond motifs is 2. The molecule has 232 valence electrons. The van der Waals surface area contributed by atoms with Crippen LogP contribution in [-0.2, 0) is 24.1 Å². The summed E-state index contributed by atoms with van der Waals surface area (Å²) in [5, 5.41) is 11.8.